The fraction of sp³-hybridized carbons (Fsp3) is 0.441. The first kappa shape index (κ1) is 34.4. The maximum Gasteiger partial charge on any atom is 0.408 e. The predicted molar refractivity (Wildman–Crippen MR) is 171 cm³/mol. The van der Waals surface area contributed by atoms with Crippen molar-refractivity contribution in [2.75, 3.05) is 20.3 Å². The number of H-pyrrole nitrogens is 1. The zero-order valence-electron chi connectivity index (χ0n) is 27.3. The molecule has 14 heteroatoms. The van der Waals surface area contributed by atoms with Crippen molar-refractivity contribution in [3.8, 4) is 0 Å². The molecule has 0 spiro atoms. The van der Waals surface area contributed by atoms with Crippen molar-refractivity contribution in [3.05, 3.63) is 71.2 Å². The van der Waals surface area contributed by atoms with Crippen LogP contribution in [0.4, 0.5) is 9.18 Å². The van der Waals surface area contributed by atoms with Crippen LogP contribution in [0.3, 0.4) is 0 Å². The van der Waals surface area contributed by atoms with Gasteiger partial charge in [0.15, 0.2) is 6.04 Å². The Balaban J connectivity index is 1.55. The van der Waals surface area contributed by atoms with E-state index >= 15 is 0 Å². The lowest BCUT2D eigenvalue weighted by Gasteiger charge is -2.30. The number of fused-ring (bicyclic) bond motifs is 5. The number of carbonyl (C=O) groups excluding carboxylic acids is 5. The van der Waals surface area contributed by atoms with Crippen molar-refractivity contribution in [2.45, 2.75) is 76.4 Å². The largest absolute Gasteiger partial charge is 0.467 e. The van der Waals surface area contributed by atoms with E-state index in [9.17, 15) is 28.4 Å². The molecular weight excluding hydrogens is 625 g/mol. The standard InChI is InChI=1S/C34H40FN5O8/c1-34(2,3)48-33(45)39-25-13-19-6-5-7-20(12-19)16-37-28(41)18-47-27-10-11-40(29(27)32(44)46-4)31(43)26(38-30(25)42)14-21-17-36-24-9-8-22(35)15-23(21)24/h5-9,12,15,17,25-27,29,36H,10-11,13-14,16,18H2,1-4H3,(H,37,41)(H,38,42)(H,39,45)/t25-,26-,27-,29?/m0/s1. The van der Waals surface area contributed by atoms with E-state index in [1.165, 1.54) is 24.1 Å². The highest BCUT2D eigenvalue weighted by molar-refractivity contribution is 5.94. The van der Waals surface area contributed by atoms with E-state index in [1.807, 2.05) is 0 Å². The molecule has 13 nitrogen and oxygen atoms in total. The van der Waals surface area contributed by atoms with E-state index < -0.39 is 65.4 Å². The second-order valence-corrected chi connectivity index (χ2v) is 12.9. The minimum Gasteiger partial charge on any atom is -0.467 e. The summed E-state index contributed by atoms with van der Waals surface area (Å²) in [6.07, 6.45) is 0.0961. The smallest absolute Gasteiger partial charge is 0.408 e. The molecule has 48 heavy (non-hydrogen) atoms. The lowest BCUT2D eigenvalue weighted by atomic mass is 10.0. The monoisotopic (exact) mass is 665 g/mol. The van der Waals surface area contributed by atoms with E-state index in [2.05, 4.69) is 20.9 Å². The number of alkyl carbamates (subject to hydrolysis) is 1. The first-order valence-corrected chi connectivity index (χ1v) is 15.7. The number of rotatable bonds is 4. The van der Waals surface area contributed by atoms with Crippen molar-refractivity contribution < 1.29 is 42.6 Å². The fourth-order valence-corrected chi connectivity index (χ4v) is 5.99. The van der Waals surface area contributed by atoms with Gasteiger partial charge >= 0.3 is 12.1 Å². The van der Waals surface area contributed by atoms with Crippen molar-refractivity contribution in [2.24, 2.45) is 0 Å². The van der Waals surface area contributed by atoms with Gasteiger partial charge in [-0.1, -0.05) is 24.3 Å². The van der Waals surface area contributed by atoms with Crippen LogP contribution in [0, 0.1) is 5.82 Å². The zero-order chi connectivity index (χ0) is 34.6. The summed E-state index contributed by atoms with van der Waals surface area (Å²) >= 11 is 0. The second-order valence-electron chi connectivity index (χ2n) is 12.9. The molecule has 4 amide bonds. The van der Waals surface area contributed by atoms with Crippen LogP contribution < -0.4 is 16.0 Å². The molecule has 4 N–H and O–H groups in total. The summed E-state index contributed by atoms with van der Waals surface area (Å²) in [6.45, 7) is 4.95. The number of nitrogens with zero attached hydrogens (tertiary/aromatic N) is 1. The van der Waals surface area contributed by atoms with Gasteiger partial charge in [-0.05, 0) is 62.1 Å². The molecule has 3 aromatic rings. The summed E-state index contributed by atoms with van der Waals surface area (Å²) in [5, 5.41) is 8.73. The number of amides is 4. The lowest BCUT2D eigenvalue weighted by molar-refractivity contribution is -0.157. The number of halogens is 1. The molecule has 1 fully saturated rings. The maximum atomic E-state index is 14.4. The van der Waals surface area contributed by atoms with Crippen LogP contribution in [0.5, 0.6) is 0 Å². The van der Waals surface area contributed by atoms with Crippen molar-refractivity contribution >= 4 is 40.7 Å². The average molecular weight is 666 g/mol. The van der Waals surface area contributed by atoms with Gasteiger partial charge in [0, 0.05) is 43.0 Å². The van der Waals surface area contributed by atoms with Gasteiger partial charge in [0.25, 0.3) is 0 Å². The highest BCUT2D eigenvalue weighted by Crippen LogP contribution is 2.26. The van der Waals surface area contributed by atoms with Crippen molar-refractivity contribution in [1.29, 1.82) is 0 Å². The number of hydrogen-bond acceptors (Lipinski definition) is 8. The minimum absolute atomic E-state index is 0.0196. The number of carbonyl (C=O) groups is 5. The molecule has 0 radical (unpaired) electrons. The Hall–Kier alpha value is -4.98. The number of hydrogen-bond donors (Lipinski definition) is 4. The van der Waals surface area contributed by atoms with E-state index in [-0.39, 0.29) is 39.0 Å². The molecule has 2 aliphatic heterocycles. The molecule has 1 aromatic heterocycles. The Morgan fingerprint density at radius 1 is 1.10 bits per heavy atom. The van der Waals surface area contributed by atoms with Gasteiger partial charge < -0.3 is 40.0 Å². The predicted octanol–water partition coefficient (Wildman–Crippen LogP) is 2.26. The van der Waals surface area contributed by atoms with Crippen LogP contribution in [0.1, 0.15) is 43.9 Å². The second kappa shape index (κ2) is 14.4. The molecule has 4 bridgehead atoms. The summed E-state index contributed by atoms with van der Waals surface area (Å²) in [7, 11) is 1.18. The van der Waals surface area contributed by atoms with Gasteiger partial charge in [-0.25, -0.2) is 14.0 Å². The van der Waals surface area contributed by atoms with E-state index in [0.29, 0.717) is 22.0 Å². The number of aromatic nitrogens is 1. The number of aromatic amines is 1. The number of methoxy groups -OCH3 is 1. The van der Waals surface area contributed by atoms with Crippen LogP contribution in [-0.4, -0.2) is 89.8 Å². The molecule has 2 aromatic carbocycles. The molecule has 0 aliphatic carbocycles. The van der Waals surface area contributed by atoms with E-state index in [4.69, 9.17) is 14.2 Å². The highest BCUT2D eigenvalue weighted by atomic mass is 19.1. The number of nitrogens with one attached hydrogen (secondary N) is 4. The Morgan fingerprint density at radius 2 is 1.88 bits per heavy atom. The Morgan fingerprint density at radius 3 is 2.62 bits per heavy atom. The molecule has 3 heterocycles. The molecule has 2 aliphatic rings. The summed E-state index contributed by atoms with van der Waals surface area (Å²) in [5.74, 6) is -2.96. The summed E-state index contributed by atoms with van der Waals surface area (Å²) in [4.78, 5) is 71.5. The maximum absolute atomic E-state index is 14.4. The summed E-state index contributed by atoms with van der Waals surface area (Å²) in [5.41, 5.74) is 1.72. The molecule has 4 atom stereocenters. The highest BCUT2D eigenvalue weighted by Gasteiger charge is 2.46. The van der Waals surface area contributed by atoms with Crippen LogP contribution >= 0.6 is 0 Å². The fourth-order valence-electron chi connectivity index (χ4n) is 5.99. The summed E-state index contributed by atoms with van der Waals surface area (Å²) in [6, 6.07) is 7.67. The Bertz CT molecular complexity index is 1700. The van der Waals surface area contributed by atoms with E-state index in [0.717, 1.165) is 5.56 Å². The third kappa shape index (κ3) is 8.29. The molecule has 1 unspecified atom stereocenters. The SMILES string of the molecule is COC(=O)C1[C@@H]2CCN1C(=O)[C@H](Cc1c[nH]c3ccc(F)cc13)NC(=O)[C@@H](NC(=O)OC(C)(C)C)Cc1cccc(c1)CNC(=O)CO2. The van der Waals surface area contributed by atoms with Crippen molar-refractivity contribution in [3.63, 3.8) is 0 Å². The first-order valence-electron chi connectivity index (χ1n) is 15.7. The average Bonchev–Trinajstić information content (AvgIpc) is 3.64. The molecule has 1 saturated heterocycles. The molecule has 0 saturated carbocycles. The quantitative estimate of drug-likeness (QED) is 0.308. The Labute approximate surface area is 276 Å². The van der Waals surface area contributed by atoms with Gasteiger partial charge in [-0.3, -0.25) is 14.4 Å². The van der Waals surface area contributed by atoms with Gasteiger partial charge in [0.2, 0.25) is 17.7 Å². The van der Waals surface area contributed by atoms with Gasteiger partial charge in [0.1, 0.15) is 30.1 Å². The third-order valence-corrected chi connectivity index (χ3v) is 8.19. The third-order valence-electron chi connectivity index (χ3n) is 8.19. The van der Waals surface area contributed by atoms with Gasteiger partial charge in [0.05, 0.1) is 13.2 Å². The lowest BCUT2D eigenvalue weighted by Crippen LogP contribution is -2.58. The first-order chi connectivity index (χ1) is 22.8. The van der Waals surface area contributed by atoms with Crippen LogP contribution in [-0.2, 0) is 52.8 Å². The normalized spacial score (nSPS) is 22.4. The molecule has 256 valence electrons. The molecule has 5 rings (SSSR count). The van der Waals surface area contributed by atoms with Crippen LogP contribution in [0.15, 0.2) is 48.7 Å². The van der Waals surface area contributed by atoms with Gasteiger partial charge in [-0.15, -0.1) is 0 Å². The number of esters is 1. The topological polar surface area (TPSA) is 168 Å². The molecular formula is C34H40FN5O8. The zero-order valence-corrected chi connectivity index (χ0v) is 27.3. The van der Waals surface area contributed by atoms with E-state index in [1.54, 1.807) is 57.3 Å². The summed E-state index contributed by atoms with van der Waals surface area (Å²) < 4.78 is 30.6. The number of benzene rings is 2. The van der Waals surface area contributed by atoms with Crippen molar-refractivity contribution in [1.82, 2.24) is 25.8 Å². The Kier molecular flexibility index (Phi) is 10.3. The van der Waals surface area contributed by atoms with Gasteiger partial charge in [-0.2, -0.15) is 0 Å². The minimum atomic E-state index is -1.26. The number of ether oxygens (including phenoxy) is 3. The van der Waals surface area contributed by atoms with Crippen LogP contribution in [0.2, 0.25) is 0 Å². The van der Waals surface area contributed by atoms with Crippen LogP contribution in [0.25, 0.3) is 10.9 Å².